The van der Waals surface area contributed by atoms with Crippen molar-refractivity contribution in [3.05, 3.63) is 36.4 Å². The highest BCUT2D eigenvalue weighted by molar-refractivity contribution is 7.92. The molecule has 4 N–H and O–H groups in total. The number of hydrogen-bond acceptors (Lipinski definition) is 7. The molecule has 2 aromatic carbocycles. The van der Waals surface area contributed by atoms with Crippen LogP contribution in [-0.2, 0) is 10.0 Å². The first kappa shape index (κ1) is 17.6. The third-order valence-electron chi connectivity index (χ3n) is 3.64. The van der Waals surface area contributed by atoms with Crippen LogP contribution in [0.15, 0.2) is 41.3 Å². The number of rotatable bonds is 4. The predicted octanol–water partition coefficient (Wildman–Crippen LogP) is 1.92. The van der Waals surface area contributed by atoms with E-state index >= 15 is 0 Å². The van der Waals surface area contributed by atoms with E-state index in [9.17, 15) is 23.4 Å². The molecule has 0 radical (unpaired) electrons. The van der Waals surface area contributed by atoms with Crippen LogP contribution in [0.1, 0.15) is 0 Å². The quantitative estimate of drug-likeness (QED) is 0.463. The van der Waals surface area contributed by atoms with Gasteiger partial charge in [0.15, 0.2) is 5.75 Å². The van der Waals surface area contributed by atoms with Crippen LogP contribution in [-0.4, -0.2) is 43.1 Å². The minimum Gasteiger partial charge on any atom is -0.506 e. The van der Waals surface area contributed by atoms with Crippen molar-refractivity contribution in [2.45, 2.75) is 4.90 Å². The summed E-state index contributed by atoms with van der Waals surface area (Å²) in [6.45, 7) is 0.116. The van der Waals surface area contributed by atoms with E-state index < -0.39 is 26.8 Å². The Bertz CT molecular complexity index is 943. The molecule has 0 atom stereocenters. The van der Waals surface area contributed by atoms with E-state index in [2.05, 4.69) is 9.61 Å². The second-order valence-corrected chi connectivity index (χ2v) is 6.94. The molecular weight excluding hydrogens is 368 g/mol. The summed E-state index contributed by atoms with van der Waals surface area (Å²) in [4.78, 5) is 15.7. The third-order valence-corrected chi connectivity index (χ3v) is 5.05. The van der Waals surface area contributed by atoms with E-state index in [1.54, 1.807) is 0 Å². The highest BCUT2D eigenvalue weighted by atomic mass is 32.2. The van der Waals surface area contributed by atoms with Crippen LogP contribution in [0.25, 0.3) is 0 Å². The van der Waals surface area contributed by atoms with Crippen molar-refractivity contribution < 1.29 is 38.3 Å². The number of fused-ring (bicyclic) bond motifs is 1. The van der Waals surface area contributed by atoms with E-state index in [-0.39, 0.29) is 36.0 Å². The largest absolute Gasteiger partial charge is 0.506 e. The minimum absolute atomic E-state index is 0.0286. The zero-order valence-corrected chi connectivity index (χ0v) is 13.9. The molecule has 0 aliphatic carbocycles. The summed E-state index contributed by atoms with van der Waals surface area (Å²) in [6.07, 6.45) is -1.24. The standard InChI is InChI=1S/C15H14N2O8S/c18-12-7-11-13(24-6-5-17(11)15(19)20)8-14(12)26(22,23)16-9-1-3-10(25-21)4-2-9/h1-4,7-8,16,18,21H,5-6H2,(H,19,20). The molecule has 11 heteroatoms. The molecule has 1 amide bonds. The topological polar surface area (TPSA) is 146 Å². The molecule has 1 aliphatic rings. The third kappa shape index (κ3) is 3.30. The SMILES string of the molecule is O=C(O)N1CCOc2cc(S(=O)(=O)Nc3ccc(OO)cc3)c(O)cc21. The maximum Gasteiger partial charge on any atom is 0.412 e. The van der Waals surface area contributed by atoms with Gasteiger partial charge in [-0.25, -0.2) is 18.5 Å². The maximum absolute atomic E-state index is 12.5. The fourth-order valence-corrected chi connectivity index (χ4v) is 3.59. The van der Waals surface area contributed by atoms with Crippen molar-refractivity contribution in [3.63, 3.8) is 0 Å². The molecule has 0 unspecified atom stereocenters. The van der Waals surface area contributed by atoms with Gasteiger partial charge in [0, 0.05) is 17.8 Å². The molecule has 138 valence electrons. The molecule has 0 spiro atoms. The first-order valence-corrected chi connectivity index (χ1v) is 8.75. The van der Waals surface area contributed by atoms with E-state index in [1.807, 2.05) is 0 Å². The number of ether oxygens (including phenoxy) is 1. The van der Waals surface area contributed by atoms with Gasteiger partial charge in [0.1, 0.15) is 23.0 Å². The summed E-state index contributed by atoms with van der Waals surface area (Å²) in [5.41, 5.74) is 0.223. The Morgan fingerprint density at radius 2 is 1.92 bits per heavy atom. The number of carbonyl (C=O) groups is 1. The monoisotopic (exact) mass is 382 g/mol. The number of aromatic hydroxyl groups is 1. The molecule has 0 saturated carbocycles. The van der Waals surface area contributed by atoms with E-state index in [4.69, 9.17) is 9.99 Å². The molecule has 0 bridgehead atoms. The lowest BCUT2D eigenvalue weighted by Crippen LogP contribution is -2.36. The number of nitrogens with zero attached hydrogens (tertiary/aromatic N) is 1. The summed E-state index contributed by atoms with van der Waals surface area (Å²) in [5, 5.41) is 27.8. The van der Waals surface area contributed by atoms with Gasteiger partial charge >= 0.3 is 6.09 Å². The van der Waals surface area contributed by atoms with Crippen molar-refractivity contribution in [1.29, 1.82) is 0 Å². The highest BCUT2D eigenvalue weighted by Gasteiger charge is 2.28. The lowest BCUT2D eigenvalue weighted by molar-refractivity contribution is -0.137. The first-order valence-electron chi connectivity index (χ1n) is 7.26. The molecular formula is C15H14N2O8S. The lowest BCUT2D eigenvalue weighted by atomic mass is 10.2. The van der Waals surface area contributed by atoms with Crippen LogP contribution in [0.4, 0.5) is 16.2 Å². The van der Waals surface area contributed by atoms with Crippen molar-refractivity contribution >= 4 is 27.5 Å². The zero-order chi connectivity index (χ0) is 18.9. The molecule has 3 rings (SSSR count). The highest BCUT2D eigenvalue weighted by Crippen LogP contribution is 2.39. The van der Waals surface area contributed by atoms with Gasteiger partial charge in [-0.3, -0.25) is 9.62 Å². The van der Waals surface area contributed by atoms with Gasteiger partial charge < -0.3 is 19.8 Å². The van der Waals surface area contributed by atoms with Gasteiger partial charge in [-0.1, -0.05) is 0 Å². The van der Waals surface area contributed by atoms with Crippen LogP contribution in [0.3, 0.4) is 0 Å². The summed E-state index contributed by atoms with van der Waals surface area (Å²) in [7, 11) is -4.18. The van der Waals surface area contributed by atoms with Crippen LogP contribution < -0.4 is 19.2 Å². The number of sulfonamides is 1. The van der Waals surface area contributed by atoms with Gasteiger partial charge in [0.25, 0.3) is 10.0 Å². The second kappa shape index (κ2) is 6.61. The number of amides is 1. The smallest absolute Gasteiger partial charge is 0.412 e. The van der Waals surface area contributed by atoms with Gasteiger partial charge in [-0.2, -0.15) is 0 Å². The van der Waals surface area contributed by atoms with E-state index in [0.29, 0.717) is 0 Å². The average Bonchev–Trinajstić information content (AvgIpc) is 2.60. The van der Waals surface area contributed by atoms with Crippen molar-refractivity contribution in [1.82, 2.24) is 0 Å². The van der Waals surface area contributed by atoms with Crippen molar-refractivity contribution in [3.8, 4) is 17.2 Å². The molecule has 1 aliphatic heterocycles. The Morgan fingerprint density at radius 1 is 1.23 bits per heavy atom. The van der Waals surface area contributed by atoms with Gasteiger partial charge in [0.2, 0.25) is 0 Å². The summed E-state index contributed by atoms with van der Waals surface area (Å²) in [6, 6.07) is 7.45. The number of phenolic OH excluding ortho intramolecular Hbond substituents is 1. The predicted molar refractivity (Wildman–Crippen MR) is 89.5 cm³/mol. The Labute approximate surface area is 147 Å². The van der Waals surface area contributed by atoms with E-state index in [0.717, 1.165) is 17.0 Å². The molecule has 2 aromatic rings. The number of benzene rings is 2. The Kier molecular flexibility index (Phi) is 4.49. The molecule has 26 heavy (non-hydrogen) atoms. The number of phenols is 1. The fraction of sp³-hybridized carbons (Fsp3) is 0.133. The Hall–Kier alpha value is -3.18. The lowest BCUT2D eigenvalue weighted by Gasteiger charge is -2.27. The van der Waals surface area contributed by atoms with Gasteiger partial charge in [0.05, 0.1) is 12.2 Å². The summed E-state index contributed by atoms with van der Waals surface area (Å²) < 4.78 is 32.7. The maximum atomic E-state index is 12.5. The Morgan fingerprint density at radius 3 is 2.54 bits per heavy atom. The average molecular weight is 382 g/mol. The molecule has 1 heterocycles. The van der Waals surface area contributed by atoms with Crippen LogP contribution in [0, 0.1) is 0 Å². The zero-order valence-electron chi connectivity index (χ0n) is 13.1. The van der Waals surface area contributed by atoms with E-state index in [1.165, 1.54) is 24.3 Å². The Balaban J connectivity index is 1.96. The minimum atomic E-state index is -4.18. The first-order chi connectivity index (χ1) is 12.3. The summed E-state index contributed by atoms with van der Waals surface area (Å²) >= 11 is 0. The summed E-state index contributed by atoms with van der Waals surface area (Å²) in [5.74, 6) is -0.476. The number of nitrogens with one attached hydrogen (secondary N) is 1. The molecule has 0 aromatic heterocycles. The van der Waals surface area contributed by atoms with Crippen molar-refractivity contribution in [2.75, 3.05) is 22.8 Å². The number of hydrogen-bond donors (Lipinski definition) is 4. The molecule has 0 fully saturated rings. The second-order valence-electron chi connectivity index (χ2n) is 5.29. The number of carboxylic acid groups (broad SMARTS) is 1. The number of anilines is 2. The molecule has 0 saturated heterocycles. The van der Waals surface area contributed by atoms with Gasteiger partial charge in [-0.05, 0) is 24.3 Å². The fourth-order valence-electron chi connectivity index (χ4n) is 2.44. The van der Waals surface area contributed by atoms with Gasteiger partial charge in [-0.15, -0.1) is 0 Å². The molecule has 10 nitrogen and oxygen atoms in total. The van der Waals surface area contributed by atoms with Crippen molar-refractivity contribution in [2.24, 2.45) is 0 Å². The van der Waals surface area contributed by atoms with Crippen LogP contribution in [0.2, 0.25) is 0 Å². The normalized spacial score (nSPS) is 13.5. The van der Waals surface area contributed by atoms with Crippen LogP contribution >= 0.6 is 0 Å². The van der Waals surface area contributed by atoms with Crippen LogP contribution in [0.5, 0.6) is 17.2 Å².